The number of nitrogens with zero attached hydrogens (tertiary/aromatic N) is 1. The average Bonchev–Trinajstić information content (AvgIpc) is 2.42. The van der Waals surface area contributed by atoms with E-state index in [2.05, 4.69) is 5.32 Å². The van der Waals surface area contributed by atoms with Gasteiger partial charge < -0.3 is 20.4 Å². The molecule has 2 amide bonds. The van der Waals surface area contributed by atoms with Crippen LogP contribution in [0.1, 0.15) is 12.0 Å². The van der Waals surface area contributed by atoms with E-state index in [4.69, 9.17) is 5.11 Å². The number of hydrogen-bond acceptors (Lipinski definition) is 3. The van der Waals surface area contributed by atoms with Crippen molar-refractivity contribution in [2.75, 3.05) is 25.0 Å². The number of amides is 2. The van der Waals surface area contributed by atoms with E-state index in [-0.39, 0.29) is 25.1 Å². The smallest absolute Gasteiger partial charge is 0.321 e. The first-order valence-corrected chi connectivity index (χ1v) is 6.62. The lowest BCUT2D eigenvalue weighted by molar-refractivity contribution is 0.0123. The number of carbonyl (C=O) groups excluding carboxylic acids is 1. The summed E-state index contributed by atoms with van der Waals surface area (Å²) in [6.07, 6.45) is -0.180. The van der Waals surface area contributed by atoms with E-state index in [1.165, 1.54) is 17.0 Å². The van der Waals surface area contributed by atoms with E-state index in [9.17, 15) is 14.3 Å². The summed E-state index contributed by atoms with van der Waals surface area (Å²) in [5.41, 5.74) is 1.19. The average molecular weight is 282 g/mol. The van der Waals surface area contributed by atoms with Gasteiger partial charge in [0.25, 0.3) is 0 Å². The molecule has 3 N–H and O–H groups in total. The second kappa shape index (κ2) is 6.19. The van der Waals surface area contributed by atoms with Crippen LogP contribution in [0.4, 0.5) is 14.9 Å². The zero-order chi connectivity index (χ0) is 14.7. The molecule has 1 fully saturated rings. The van der Waals surface area contributed by atoms with Crippen molar-refractivity contribution in [2.24, 2.45) is 5.92 Å². The van der Waals surface area contributed by atoms with Crippen molar-refractivity contribution < 1.29 is 19.4 Å². The fourth-order valence-electron chi connectivity index (χ4n) is 2.30. The molecule has 1 aromatic carbocycles. The fourth-order valence-corrected chi connectivity index (χ4v) is 2.30. The summed E-state index contributed by atoms with van der Waals surface area (Å²) in [5.74, 6) is -0.597. The number of β-amino-alcohol motifs (C(OH)–C–C–N with tert-alkyl or cyclic N) is 1. The Morgan fingerprint density at radius 1 is 1.55 bits per heavy atom. The van der Waals surface area contributed by atoms with Crippen molar-refractivity contribution in [3.63, 3.8) is 0 Å². The largest absolute Gasteiger partial charge is 0.396 e. The number of benzene rings is 1. The highest BCUT2D eigenvalue weighted by molar-refractivity contribution is 5.90. The molecule has 0 unspecified atom stereocenters. The van der Waals surface area contributed by atoms with Crippen LogP contribution in [0.2, 0.25) is 0 Å². The summed E-state index contributed by atoms with van der Waals surface area (Å²) in [6.45, 7) is 2.33. The molecule has 110 valence electrons. The Labute approximate surface area is 117 Å². The number of hydrogen-bond donors (Lipinski definition) is 3. The lowest BCUT2D eigenvalue weighted by Gasteiger charge is -2.35. The van der Waals surface area contributed by atoms with Gasteiger partial charge in [-0.3, -0.25) is 0 Å². The fraction of sp³-hybridized carbons (Fsp3) is 0.500. The molecule has 1 aliphatic heterocycles. The Balaban J connectivity index is 2.00. The number of piperidine rings is 1. The molecule has 6 heteroatoms. The van der Waals surface area contributed by atoms with Crippen LogP contribution in [0, 0.1) is 18.7 Å². The van der Waals surface area contributed by atoms with Gasteiger partial charge in [0.1, 0.15) is 5.82 Å². The van der Waals surface area contributed by atoms with E-state index >= 15 is 0 Å². The molecule has 1 saturated heterocycles. The first-order valence-electron chi connectivity index (χ1n) is 6.62. The third kappa shape index (κ3) is 3.26. The molecule has 20 heavy (non-hydrogen) atoms. The summed E-state index contributed by atoms with van der Waals surface area (Å²) in [6, 6.07) is 3.83. The van der Waals surface area contributed by atoms with Gasteiger partial charge in [0.2, 0.25) is 0 Å². The van der Waals surface area contributed by atoms with Crippen molar-refractivity contribution in [3.05, 3.63) is 29.6 Å². The molecule has 1 aliphatic rings. The Hall–Kier alpha value is -1.66. The molecule has 0 aliphatic carbocycles. The van der Waals surface area contributed by atoms with Crippen molar-refractivity contribution in [2.45, 2.75) is 19.4 Å². The third-order valence-corrected chi connectivity index (χ3v) is 3.68. The zero-order valence-corrected chi connectivity index (χ0v) is 11.3. The first-order chi connectivity index (χ1) is 9.51. The lowest BCUT2D eigenvalue weighted by atomic mass is 9.95. The number of likely N-dealkylation sites (tertiary alicyclic amines) is 1. The summed E-state index contributed by atoms with van der Waals surface area (Å²) < 4.78 is 13.2. The number of anilines is 1. The van der Waals surface area contributed by atoms with Crippen molar-refractivity contribution in [1.82, 2.24) is 4.90 Å². The number of aliphatic hydroxyl groups is 2. The molecule has 0 radical (unpaired) electrons. The van der Waals surface area contributed by atoms with Gasteiger partial charge in [-0.2, -0.15) is 0 Å². The number of carbonyl (C=O) groups is 1. The second-order valence-electron chi connectivity index (χ2n) is 5.13. The highest BCUT2D eigenvalue weighted by atomic mass is 19.1. The van der Waals surface area contributed by atoms with Gasteiger partial charge in [-0.05, 0) is 31.0 Å². The molecule has 0 spiro atoms. The van der Waals surface area contributed by atoms with E-state index < -0.39 is 11.9 Å². The summed E-state index contributed by atoms with van der Waals surface area (Å²) in [5, 5.41) is 21.5. The van der Waals surface area contributed by atoms with E-state index in [0.29, 0.717) is 18.7 Å². The normalized spacial score (nSPS) is 22.7. The number of nitrogens with one attached hydrogen (secondary N) is 1. The molecule has 2 atom stereocenters. The van der Waals surface area contributed by atoms with E-state index in [1.54, 1.807) is 13.0 Å². The maximum Gasteiger partial charge on any atom is 0.321 e. The van der Waals surface area contributed by atoms with Crippen LogP contribution in [-0.4, -0.2) is 46.9 Å². The number of urea groups is 1. The maximum atomic E-state index is 13.2. The van der Waals surface area contributed by atoms with Crippen LogP contribution in [-0.2, 0) is 0 Å². The molecular weight excluding hydrogens is 263 g/mol. The summed E-state index contributed by atoms with van der Waals surface area (Å²) in [4.78, 5) is 13.6. The highest BCUT2D eigenvalue weighted by Gasteiger charge is 2.29. The van der Waals surface area contributed by atoms with Crippen LogP contribution >= 0.6 is 0 Å². The molecule has 0 bridgehead atoms. The highest BCUT2D eigenvalue weighted by Crippen LogP contribution is 2.20. The van der Waals surface area contributed by atoms with Crippen molar-refractivity contribution >= 4 is 11.7 Å². The van der Waals surface area contributed by atoms with Crippen LogP contribution in [0.25, 0.3) is 0 Å². The van der Waals surface area contributed by atoms with Gasteiger partial charge >= 0.3 is 6.03 Å². The van der Waals surface area contributed by atoms with Gasteiger partial charge in [0, 0.05) is 31.3 Å². The molecule has 0 aromatic heterocycles. The molecular formula is C14H19FN2O3. The lowest BCUT2D eigenvalue weighted by Crippen LogP contribution is -2.49. The standard InChI is InChI=1S/C14H19FN2O3/c1-9-2-3-11(15)6-12(9)16-14(20)17-5-4-10(8-18)13(19)7-17/h2-3,6,10,13,18-19H,4-5,7-8H2,1H3,(H,16,20)/t10-,13-/m0/s1. The minimum atomic E-state index is -0.729. The first kappa shape index (κ1) is 14.7. The van der Waals surface area contributed by atoms with Crippen LogP contribution in [0.3, 0.4) is 0 Å². The SMILES string of the molecule is Cc1ccc(F)cc1NC(=O)N1CC[C@@H](CO)[C@@H](O)C1. The Morgan fingerprint density at radius 3 is 2.95 bits per heavy atom. The molecule has 1 heterocycles. The maximum absolute atomic E-state index is 13.2. The Morgan fingerprint density at radius 2 is 2.30 bits per heavy atom. The monoisotopic (exact) mass is 282 g/mol. The van der Waals surface area contributed by atoms with E-state index in [1.807, 2.05) is 0 Å². The molecule has 1 aromatic rings. The van der Waals surface area contributed by atoms with Crippen molar-refractivity contribution in [1.29, 1.82) is 0 Å². The van der Waals surface area contributed by atoms with Gasteiger partial charge in [0.15, 0.2) is 0 Å². The molecule has 5 nitrogen and oxygen atoms in total. The van der Waals surface area contributed by atoms with Gasteiger partial charge in [-0.1, -0.05) is 6.07 Å². The third-order valence-electron chi connectivity index (χ3n) is 3.68. The second-order valence-corrected chi connectivity index (χ2v) is 5.13. The predicted octanol–water partition coefficient (Wildman–Crippen LogP) is 1.34. The number of aliphatic hydroxyl groups excluding tert-OH is 2. The summed E-state index contributed by atoms with van der Waals surface area (Å²) in [7, 11) is 0. The Bertz CT molecular complexity index is 495. The number of rotatable bonds is 2. The zero-order valence-electron chi connectivity index (χ0n) is 11.3. The van der Waals surface area contributed by atoms with Gasteiger partial charge in [-0.25, -0.2) is 9.18 Å². The minimum Gasteiger partial charge on any atom is -0.396 e. The van der Waals surface area contributed by atoms with Crippen LogP contribution in [0.5, 0.6) is 0 Å². The quantitative estimate of drug-likeness (QED) is 0.766. The summed E-state index contributed by atoms with van der Waals surface area (Å²) >= 11 is 0. The molecule has 0 saturated carbocycles. The number of aryl methyl sites for hydroxylation is 1. The topological polar surface area (TPSA) is 72.8 Å². The van der Waals surface area contributed by atoms with Crippen molar-refractivity contribution in [3.8, 4) is 0 Å². The van der Waals surface area contributed by atoms with Gasteiger partial charge in [-0.15, -0.1) is 0 Å². The molecule has 2 rings (SSSR count). The minimum absolute atomic E-state index is 0.0837. The Kier molecular flexibility index (Phi) is 4.57. The van der Waals surface area contributed by atoms with Crippen LogP contribution in [0.15, 0.2) is 18.2 Å². The number of halogens is 1. The van der Waals surface area contributed by atoms with E-state index in [0.717, 1.165) is 5.56 Å². The van der Waals surface area contributed by atoms with Crippen LogP contribution < -0.4 is 5.32 Å². The predicted molar refractivity (Wildman–Crippen MR) is 72.9 cm³/mol. The van der Waals surface area contributed by atoms with Gasteiger partial charge in [0.05, 0.1) is 6.10 Å².